The van der Waals surface area contributed by atoms with Crippen LogP contribution in [-0.4, -0.2) is 49.6 Å². The van der Waals surface area contributed by atoms with Gasteiger partial charge in [0.1, 0.15) is 0 Å². The van der Waals surface area contributed by atoms with Gasteiger partial charge in [-0.15, -0.1) is 0 Å². The van der Waals surface area contributed by atoms with Gasteiger partial charge in [-0.25, -0.2) is 0 Å². The van der Waals surface area contributed by atoms with E-state index in [0.717, 1.165) is 45.4 Å². The highest BCUT2D eigenvalue weighted by molar-refractivity contribution is 5.83. The highest BCUT2D eigenvalue weighted by Gasteiger charge is 2.24. The molecule has 4 rings (SSSR count). The van der Waals surface area contributed by atoms with Crippen molar-refractivity contribution >= 4 is 16.7 Å². The fraction of sp³-hybridized carbons (Fsp3) is 0.522. The van der Waals surface area contributed by atoms with Crippen molar-refractivity contribution in [2.24, 2.45) is 5.92 Å². The van der Waals surface area contributed by atoms with Gasteiger partial charge in [-0.1, -0.05) is 42.5 Å². The lowest BCUT2D eigenvalue weighted by atomic mass is 9.97. The predicted molar refractivity (Wildman–Crippen MR) is 111 cm³/mol. The van der Waals surface area contributed by atoms with Crippen molar-refractivity contribution in [3.63, 3.8) is 0 Å². The highest BCUT2D eigenvalue weighted by atomic mass is 16.2. The number of nitrogens with one attached hydrogen (secondary N) is 2. The molecule has 2 aliphatic heterocycles. The van der Waals surface area contributed by atoms with E-state index in [0.29, 0.717) is 5.92 Å². The molecule has 0 radical (unpaired) electrons. The molecule has 2 saturated heterocycles. The minimum atomic E-state index is 0.0394. The molecule has 2 N–H and O–H groups in total. The zero-order valence-corrected chi connectivity index (χ0v) is 16.1. The van der Waals surface area contributed by atoms with E-state index >= 15 is 0 Å². The molecule has 144 valence electrons. The third-order valence-corrected chi connectivity index (χ3v) is 6.08. The molecule has 2 heterocycles. The average Bonchev–Trinajstić information content (AvgIpc) is 3.26. The zero-order chi connectivity index (χ0) is 18.5. The molecule has 2 unspecified atom stereocenters. The third kappa shape index (κ3) is 4.88. The molecule has 2 aromatic rings. The lowest BCUT2D eigenvalue weighted by Gasteiger charge is -2.33. The molecule has 2 aromatic carbocycles. The van der Waals surface area contributed by atoms with Gasteiger partial charge in [-0.05, 0) is 67.4 Å². The maximum Gasteiger partial charge on any atom is 0.237 e. The number of benzene rings is 2. The van der Waals surface area contributed by atoms with Crippen LogP contribution in [0.5, 0.6) is 0 Å². The Morgan fingerprint density at radius 3 is 2.85 bits per heavy atom. The lowest BCUT2D eigenvalue weighted by Crippen LogP contribution is -2.45. The smallest absolute Gasteiger partial charge is 0.237 e. The minimum Gasteiger partial charge on any atom is -0.354 e. The second-order valence-electron chi connectivity index (χ2n) is 8.13. The Bertz CT molecular complexity index is 769. The zero-order valence-electron chi connectivity index (χ0n) is 16.1. The maximum atomic E-state index is 12.2. The second-order valence-corrected chi connectivity index (χ2v) is 8.13. The Balaban J connectivity index is 1.24. The number of nitrogens with zero attached hydrogens (tertiary/aromatic N) is 1. The van der Waals surface area contributed by atoms with Crippen LogP contribution in [0.4, 0.5) is 0 Å². The fourth-order valence-corrected chi connectivity index (χ4v) is 4.48. The Morgan fingerprint density at radius 2 is 2.00 bits per heavy atom. The van der Waals surface area contributed by atoms with Crippen molar-refractivity contribution in [3.8, 4) is 0 Å². The molecular weight excluding hydrogens is 334 g/mol. The molecule has 0 bridgehead atoms. The summed E-state index contributed by atoms with van der Waals surface area (Å²) in [5.41, 5.74) is 1.41. The quantitative estimate of drug-likeness (QED) is 0.827. The van der Waals surface area contributed by atoms with Crippen molar-refractivity contribution in [1.29, 1.82) is 0 Å². The first kappa shape index (κ1) is 18.5. The van der Waals surface area contributed by atoms with Gasteiger partial charge in [0.25, 0.3) is 0 Å². The number of piperidine rings is 1. The summed E-state index contributed by atoms with van der Waals surface area (Å²) in [5, 5.41) is 9.10. The van der Waals surface area contributed by atoms with Gasteiger partial charge in [-0.3, -0.25) is 4.79 Å². The summed E-state index contributed by atoms with van der Waals surface area (Å²) >= 11 is 0. The van der Waals surface area contributed by atoms with Crippen LogP contribution in [0.3, 0.4) is 0 Å². The summed E-state index contributed by atoms with van der Waals surface area (Å²) in [7, 11) is 0. The Kier molecular flexibility index (Phi) is 6.05. The van der Waals surface area contributed by atoms with Crippen molar-refractivity contribution in [3.05, 3.63) is 48.0 Å². The van der Waals surface area contributed by atoms with Gasteiger partial charge in [0.15, 0.2) is 0 Å². The largest absolute Gasteiger partial charge is 0.354 e. The number of carbonyl (C=O) groups is 1. The molecule has 2 atom stereocenters. The van der Waals surface area contributed by atoms with Gasteiger partial charge in [-0.2, -0.15) is 0 Å². The summed E-state index contributed by atoms with van der Waals surface area (Å²) in [4.78, 5) is 14.8. The number of rotatable bonds is 6. The molecular formula is C23H31N3O. The van der Waals surface area contributed by atoms with Crippen molar-refractivity contribution in [2.75, 3.05) is 32.7 Å². The Hall–Kier alpha value is -1.91. The summed E-state index contributed by atoms with van der Waals surface area (Å²) in [5.74, 6) is 0.779. The number of likely N-dealkylation sites (tertiary alicyclic amines) is 1. The normalized spacial score (nSPS) is 23.6. The molecule has 27 heavy (non-hydrogen) atoms. The van der Waals surface area contributed by atoms with Gasteiger partial charge < -0.3 is 15.5 Å². The molecule has 1 amide bonds. The van der Waals surface area contributed by atoms with Crippen molar-refractivity contribution < 1.29 is 4.79 Å². The van der Waals surface area contributed by atoms with Crippen LogP contribution in [0.15, 0.2) is 42.5 Å². The first-order chi connectivity index (χ1) is 13.3. The van der Waals surface area contributed by atoms with Crippen LogP contribution in [-0.2, 0) is 11.2 Å². The number of amides is 1. The van der Waals surface area contributed by atoms with E-state index in [1.54, 1.807) is 0 Å². The molecule has 4 heteroatoms. The van der Waals surface area contributed by atoms with Gasteiger partial charge in [0.2, 0.25) is 5.91 Å². The van der Waals surface area contributed by atoms with Gasteiger partial charge in [0, 0.05) is 19.6 Å². The first-order valence-corrected chi connectivity index (χ1v) is 10.5. The molecule has 2 fully saturated rings. The fourth-order valence-electron chi connectivity index (χ4n) is 4.48. The van der Waals surface area contributed by atoms with E-state index < -0.39 is 0 Å². The minimum absolute atomic E-state index is 0.0394. The standard InChI is InChI=1S/C23H31N3O/c27-23(22-8-3-12-24-22)25-16-19-5-4-13-26(17-19)14-11-18-9-10-20-6-1-2-7-21(20)15-18/h1-2,6-7,9-10,15,19,22,24H,3-5,8,11-14,16-17H2,(H,25,27). The molecule has 2 aliphatic rings. The lowest BCUT2D eigenvalue weighted by molar-refractivity contribution is -0.123. The molecule has 0 aliphatic carbocycles. The van der Waals surface area contributed by atoms with Crippen LogP contribution in [0.2, 0.25) is 0 Å². The number of fused-ring (bicyclic) bond motifs is 1. The SMILES string of the molecule is O=C(NCC1CCCN(CCc2ccc3ccccc3c2)C1)C1CCCN1. The van der Waals surface area contributed by atoms with Crippen LogP contribution >= 0.6 is 0 Å². The van der Waals surface area contributed by atoms with Crippen LogP contribution in [0, 0.1) is 5.92 Å². The van der Waals surface area contributed by atoms with E-state index in [1.807, 2.05) is 0 Å². The van der Waals surface area contributed by atoms with Crippen molar-refractivity contribution in [2.45, 2.75) is 38.1 Å². The van der Waals surface area contributed by atoms with Gasteiger partial charge in [0.05, 0.1) is 6.04 Å². The molecule has 0 saturated carbocycles. The second kappa shape index (κ2) is 8.85. The number of hydrogen-bond donors (Lipinski definition) is 2. The Labute approximate surface area is 162 Å². The highest BCUT2D eigenvalue weighted by Crippen LogP contribution is 2.19. The summed E-state index contributed by atoms with van der Waals surface area (Å²) < 4.78 is 0. The topological polar surface area (TPSA) is 44.4 Å². The predicted octanol–water partition coefficient (Wildman–Crippen LogP) is 2.96. The number of carbonyl (C=O) groups excluding carboxylic acids is 1. The van der Waals surface area contributed by atoms with E-state index in [9.17, 15) is 4.79 Å². The van der Waals surface area contributed by atoms with Crippen molar-refractivity contribution in [1.82, 2.24) is 15.5 Å². The van der Waals surface area contributed by atoms with Gasteiger partial charge >= 0.3 is 0 Å². The van der Waals surface area contributed by atoms with Crippen LogP contribution in [0.25, 0.3) is 10.8 Å². The summed E-state index contributed by atoms with van der Waals surface area (Å²) in [6.45, 7) is 5.19. The van der Waals surface area contributed by atoms with Crippen LogP contribution < -0.4 is 10.6 Å². The Morgan fingerprint density at radius 1 is 1.11 bits per heavy atom. The molecule has 0 aromatic heterocycles. The molecule has 4 nitrogen and oxygen atoms in total. The summed E-state index contributed by atoms with van der Waals surface area (Å²) in [6, 6.07) is 15.4. The van der Waals surface area contributed by atoms with Crippen LogP contribution in [0.1, 0.15) is 31.2 Å². The van der Waals surface area contributed by atoms with E-state index in [1.165, 1.54) is 35.7 Å². The monoisotopic (exact) mass is 365 g/mol. The maximum absolute atomic E-state index is 12.2. The molecule has 0 spiro atoms. The first-order valence-electron chi connectivity index (χ1n) is 10.5. The summed E-state index contributed by atoms with van der Waals surface area (Å²) in [6.07, 6.45) is 5.65. The van der Waals surface area contributed by atoms with E-state index in [2.05, 4.69) is 58.0 Å². The third-order valence-electron chi connectivity index (χ3n) is 6.08. The van der Waals surface area contributed by atoms with E-state index in [-0.39, 0.29) is 11.9 Å². The van der Waals surface area contributed by atoms with E-state index in [4.69, 9.17) is 0 Å². The number of hydrogen-bond acceptors (Lipinski definition) is 3. The average molecular weight is 366 g/mol.